The van der Waals surface area contributed by atoms with E-state index in [1.807, 2.05) is 12.1 Å². The molecule has 0 aromatic heterocycles. The number of halogens is 2. The van der Waals surface area contributed by atoms with Crippen LogP contribution in [0.25, 0.3) is 0 Å². The average molecular weight is 233 g/mol. The van der Waals surface area contributed by atoms with Crippen LogP contribution < -0.4 is 11.2 Å². The van der Waals surface area contributed by atoms with Gasteiger partial charge in [-0.3, -0.25) is 5.41 Å². The molecule has 1 aromatic rings. The predicted octanol–water partition coefficient (Wildman–Crippen LogP) is 1.58. The Labute approximate surface area is 93.1 Å². The van der Waals surface area contributed by atoms with E-state index >= 15 is 0 Å². The van der Waals surface area contributed by atoms with Gasteiger partial charge in [-0.1, -0.05) is 23.7 Å². The summed E-state index contributed by atoms with van der Waals surface area (Å²) < 4.78 is 0. The van der Waals surface area contributed by atoms with Crippen molar-refractivity contribution in [2.45, 2.75) is 0 Å². The van der Waals surface area contributed by atoms with Crippen molar-refractivity contribution in [3.63, 3.8) is 0 Å². The standard InChI is InChI=1S/C8H9ClN4.ClH/c9-7-3-1-6(2-4-7)5-12-13-8(10)11;/h1-5H,(H4,10,11,13);1H/b12-5+;. The quantitative estimate of drug-likeness (QED) is 0.412. The summed E-state index contributed by atoms with van der Waals surface area (Å²) in [5.74, 6) is -0.190. The topological polar surface area (TPSA) is 74.3 Å². The minimum absolute atomic E-state index is 0. The van der Waals surface area contributed by atoms with E-state index in [9.17, 15) is 0 Å². The van der Waals surface area contributed by atoms with Gasteiger partial charge in [-0.25, -0.2) is 5.43 Å². The first kappa shape index (κ1) is 12.7. The van der Waals surface area contributed by atoms with Gasteiger partial charge in [0.1, 0.15) is 0 Å². The van der Waals surface area contributed by atoms with E-state index in [0.29, 0.717) is 5.02 Å². The fourth-order valence-electron chi connectivity index (χ4n) is 0.725. The van der Waals surface area contributed by atoms with E-state index in [4.69, 9.17) is 22.7 Å². The van der Waals surface area contributed by atoms with Gasteiger partial charge in [0.15, 0.2) is 0 Å². The highest BCUT2D eigenvalue weighted by Crippen LogP contribution is 2.07. The molecule has 76 valence electrons. The molecule has 4 N–H and O–H groups in total. The van der Waals surface area contributed by atoms with Crippen LogP contribution in [0.4, 0.5) is 0 Å². The highest BCUT2D eigenvalue weighted by atomic mass is 35.5. The summed E-state index contributed by atoms with van der Waals surface area (Å²) in [5, 5.41) is 11.2. The van der Waals surface area contributed by atoms with E-state index < -0.39 is 0 Å². The van der Waals surface area contributed by atoms with Crippen LogP contribution in [0.1, 0.15) is 5.56 Å². The summed E-state index contributed by atoms with van der Waals surface area (Å²) >= 11 is 5.68. The molecule has 0 heterocycles. The number of rotatable bonds is 2. The fourth-order valence-corrected chi connectivity index (χ4v) is 0.851. The molecular weight excluding hydrogens is 223 g/mol. The Morgan fingerprint density at radius 2 is 2.00 bits per heavy atom. The highest BCUT2D eigenvalue weighted by molar-refractivity contribution is 6.30. The van der Waals surface area contributed by atoms with Gasteiger partial charge < -0.3 is 5.73 Å². The second-order valence-corrected chi connectivity index (χ2v) is 2.77. The largest absolute Gasteiger partial charge is 0.369 e. The van der Waals surface area contributed by atoms with Gasteiger partial charge in [-0.2, -0.15) is 5.10 Å². The minimum atomic E-state index is -0.190. The summed E-state index contributed by atoms with van der Waals surface area (Å²) in [7, 11) is 0. The molecule has 0 radical (unpaired) electrons. The van der Waals surface area contributed by atoms with Gasteiger partial charge in [0.25, 0.3) is 0 Å². The van der Waals surface area contributed by atoms with Crippen molar-refractivity contribution in [2.24, 2.45) is 10.8 Å². The average Bonchev–Trinajstić information content (AvgIpc) is 2.08. The molecule has 0 spiro atoms. The Morgan fingerprint density at radius 1 is 1.43 bits per heavy atom. The zero-order chi connectivity index (χ0) is 9.68. The van der Waals surface area contributed by atoms with Gasteiger partial charge in [-0.15, -0.1) is 12.4 Å². The lowest BCUT2D eigenvalue weighted by Gasteiger charge is -1.94. The smallest absolute Gasteiger partial charge is 0.206 e. The van der Waals surface area contributed by atoms with Crippen molar-refractivity contribution in [3.05, 3.63) is 34.9 Å². The van der Waals surface area contributed by atoms with Gasteiger partial charge in [0.05, 0.1) is 6.21 Å². The number of benzene rings is 1. The number of guanidine groups is 1. The lowest BCUT2D eigenvalue weighted by Crippen LogP contribution is -2.25. The Balaban J connectivity index is 0.00000169. The van der Waals surface area contributed by atoms with Crippen LogP contribution in [-0.2, 0) is 0 Å². The third-order valence-corrected chi connectivity index (χ3v) is 1.52. The van der Waals surface area contributed by atoms with Gasteiger partial charge in [-0.05, 0) is 17.7 Å². The molecule has 0 atom stereocenters. The maximum Gasteiger partial charge on any atom is 0.206 e. The monoisotopic (exact) mass is 232 g/mol. The number of hydrogen-bond acceptors (Lipinski definition) is 2. The van der Waals surface area contributed by atoms with Crippen LogP contribution in [0, 0.1) is 5.41 Å². The first-order valence-corrected chi connectivity index (χ1v) is 3.95. The van der Waals surface area contributed by atoms with Crippen molar-refractivity contribution in [2.75, 3.05) is 0 Å². The van der Waals surface area contributed by atoms with Crippen molar-refractivity contribution in [1.82, 2.24) is 5.43 Å². The van der Waals surface area contributed by atoms with Crippen molar-refractivity contribution >= 4 is 36.2 Å². The van der Waals surface area contributed by atoms with Crippen LogP contribution in [0.2, 0.25) is 5.02 Å². The van der Waals surface area contributed by atoms with E-state index in [-0.39, 0.29) is 18.4 Å². The zero-order valence-electron chi connectivity index (χ0n) is 7.20. The molecule has 0 bridgehead atoms. The lowest BCUT2D eigenvalue weighted by molar-refractivity contribution is 1.00. The Kier molecular flexibility index (Phi) is 5.67. The third-order valence-electron chi connectivity index (χ3n) is 1.27. The number of hydrogen-bond donors (Lipinski definition) is 3. The molecule has 14 heavy (non-hydrogen) atoms. The van der Waals surface area contributed by atoms with Crippen LogP contribution >= 0.6 is 24.0 Å². The zero-order valence-corrected chi connectivity index (χ0v) is 8.77. The molecular formula is C8H10Cl2N4. The van der Waals surface area contributed by atoms with Gasteiger partial charge >= 0.3 is 0 Å². The normalized spacial score (nSPS) is 9.50. The third kappa shape index (κ3) is 4.69. The molecule has 0 aliphatic carbocycles. The molecule has 1 aromatic carbocycles. The maximum atomic E-state index is 6.83. The molecule has 0 amide bonds. The fraction of sp³-hybridized carbons (Fsp3) is 0. The number of nitrogens with two attached hydrogens (primary N) is 1. The first-order valence-electron chi connectivity index (χ1n) is 3.57. The number of hydrazone groups is 1. The van der Waals surface area contributed by atoms with E-state index in [2.05, 4.69) is 10.5 Å². The molecule has 0 unspecified atom stereocenters. The summed E-state index contributed by atoms with van der Waals surface area (Å²) in [6.45, 7) is 0. The molecule has 6 heteroatoms. The van der Waals surface area contributed by atoms with Gasteiger partial charge in [0.2, 0.25) is 5.96 Å². The molecule has 0 fully saturated rings. The summed E-state index contributed by atoms with van der Waals surface area (Å²) in [6.07, 6.45) is 1.55. The summed E-state index contributed by atoms with van der Waals surface area (Å²) in [4.78, 5) is 0. The van der Waals surface area contributed by atoms with Crippen molar-refractivity contribution in [3.8, 4) is 0 Å². The highest BCUT2D eigenvalue weighted by Gasteiger charge is 1.87. The van der Waals surface area contributed by atoms with Crippen LogP contribution in [0.15, 0.2) is 29.4 Å². The molecule has 0 aliphatic rings. The van der Waals surface area contributed by atoms with Crippen LogP contribution in [-0.4, -0.2) is 12.2 Å². The van der Waals surface area contributed by atoms with E-state index in [1.54, 1.807) is 18.3 Å². The second-order valence-electron chi connectivity index (χ2n) is 2.34. The Bertz CT molecular complexity index is 321. The summed E-state index contributed by atoms with van der Waals surface area (Å²) in [6, 6.07) is 7.15. The predicted molar refractivity (Wildman–Crippen MR) is 61.3 cm³/mol. The molecule has 0 saturated heterocycles. The summed E-state index contributed by atoms with van der Waals surface area (Å²) in [5.41, 5.74) is 8.21. The molecule has 0 saturated carbocycles. The number of nitrogens with one attached hydrogen (secondary N) is 2. The Morgan fingerprint density at radius 3 is 2.50 bits per heavy atom. The number of nitrogens with zero attached hydrogens (tertiary/aromatic N) is 1. The molecule has 0 aliphatic heterocycles. The lowest BCUT2D eigenvalue weighted by atomic mass is 10.2. The van der Waals surface area contributed by atoms with Gasteiger partial charge in [0, 0.05) is 5.02 Å². The molecule has 1 rings (SSSR count). The van der Waals surface area contributed by atoms with Crippen LogP contribution in [0.5, 0.6) is 0 Å². The van der Waals surface area contributed by atoms with E-state index in [1.165, 1.54) is 0 Å². The molecule has 4 nitrogen and oxygen atoms in total. The minimum Gasteiger partial charge on any atom is -0.369 e. The second kappa shape index (κ2) is 6.23. The SMILES string of the molecule is Cl.N=C(N)N/N=C/c1ccc(Cl)cc1. The van der Waals surface area contributed by atoms with Crippen molar-refractivity contribution in [1.29, 1.82) is 5.41 Å². The first-order chi connectivity index (χ1) is 6.18. The van der Waals surface area contributed by atoms with E-state index in [0.717, 1.165) is 5.56 Å². The van der Waals surface area contributed by atoms with Crippen LogP contribution in [0.3, 0.4) is 0 Å². The Hall–Kier alpha value is -1.26. The van der Waals surface area contributed by atoms with Crippen molar-refractivity contribution < 1.29 is 0 Å². The maximum absolute atomic E-state index is 6.83.